The molecule has 4 atom stereocenters. The number of amides is 2. The third-order valence-corrected chi connectivity index (χ3v) is 4.62. The standard InChI is InChI=1S/C12H21NO5.C7H14N2O2.ClH/c1-12(2,3)18-11(17)13-8(6-7-4-5-7)9(14)10(15)16;8-5(3-4-1-2-4)6(10)7(9)11;/h7-9,14H,4-6H2,1-3H3,(H,13,17)(H,15,16);4-6,10H,1-3,8H2,(H2,9,11);1H. The van der Waals surface area contributed by atoms with Crippen molar-refractivity contribution < 1.29 is 34.4 Å². The van der Waals surface area contributed by atoms with Gasteiger partial charge in [0.05, 0.1) is 6.04 Å². The summed E-state index contributed by atoms with van der Waals surface area (Å²) in [5, 5.41) is 29.8. The average Bonchev–Trinajstić information content (AvgIpc) is 3.47. The highest BCUT2D eigenvalue weighted by Gasteiger charge is 2.34. The summed E-state index contributed by atoms with van der Waals surface area (Å²) in [7, 11) is 0. The number of aliphatic hydroxyl groups excluding tert-OH is 2. The molecule has 2 saturated carbocycles. The first-order valence-corrected chi connectivity index (χ1v) is 9.93. The second-order valence-corrected chi connectivity index (χ2v) is 8.91. The largest absolute Gasteiger partial charge is 0.479 e. The third kappa shape index (κ3) is 12.2. The molecule has 0 aromatic heterocycles. The van der Waals surface area contributed by atoms with Crippen LogP contribution in [0, 0.1) is 11.8 Å². The molecular formula is C19H36ClN3O7. The maximum atomic E-state index is 11.6. The number of halogens is 1. The molecule has 2 rings (SSSR count). The van der Waals surface area contributed by atoms with Crippen molar-refractivity contribution in [2.45, 2.75) is 89.2 Å². The van der Waals surface area contributed by atoms with Crippen LogP contribution in [0.5, 0.6) is 0 Å². The molecule has 0 radical (unpaired) electrons. The molecule has 0 spiro atoms. The quantitative estimate of drug-likeness (QED) is 0.291. The monoisotopic (exact) mass is 453 g/mol. The second-order valence-electron chi connectivity index (χ2n) is 8.91. The number of hydrogen-bond donors (Lipinski definition) is 6. The Labute approximate surface area is 183 Å². The number of ether oxygens (including phenoxy) is 1. The topological polar surface area (TPSA) is 185 Å². The smallest absolute Gasteiger partial charge is 0.407 e. The number of nitrogens with one attached hydrogen (secondary N) is 1. The highest BCUT2D eigenvalue weighted by atomic mass is 35.5. The molecule has 176 valence electrons. The Balaban J connectivity index is 0.000000603. The van der Waals surface area contributed by atoms with Crippen molar-refractivity contribution in [3.63, 3.8) is 0 Å². The van der Waals surface area contributed by atoms with E-state index in [9.17, 15) is 19.5 Å². The Kier molecular flexibility index (Phi) is 11.6. The predicted molar refractivity (Wildman–Crippen MR) is 112 cm³/mol. The van der Waals surface area contributed by atoms with E-state index in [2.05, 4.69) is 5.32 Å². The molecular weight excluding hydrogens is 418 g/mol. The zero-order valence-corrected chi connectivity index (χ0v) is 18.6. The summed E-state index contributed by atoms with van der Waals surface area (Å²) < 4.78 is 5.05. The number of aliphatic carboxylic acids is 1. The first-order chi connectivity index (χ1) is 13.3. The zero-order valence-electron chi connectivity index (χ0n) is 17.7. The molecule has 2 fully saturated rings. The number of carboxylic acid groups (broad SMARTS) is 1. The summed E-state index contributed by atoms with van der Waals surface area (Å²) in [5.41, 5.74) is 9.72. The SMILES string of the molecule is CC(C)(C)OC(=O)NC(CC1CC1)C(O)C(=O)O.Cl.NC(=O)C(O)C(N)CC1CC1. The first-order valence-electron chi connectivity index (χ1n) is 9.93. The molecule has 0 saturated heterocycles. The minimum atomic E-state index is -1.60. The van der Waals surface area contributed by atoms with Gasteiger partial charge in [0, 0.05) is 6.04 Å². The Hall–Kier alpha value is -1.62. The van der Waals surface area contributed by atoms with Gasteiger partial charge in [0.15, 0.2) is 6.10 Å². The molecule has 8 N–H and O–H groups in total. The van der Waals surface area contributed by atoms with Crippen LogP contribution in [0.4, 0.5) is 4.79 Å². The minimum Gasteiger partial charge on any atom is -0.479 e. The lowest BCUT2D eigenvalue weighted by Crippen LogP contribution is -2.48. The van der Waals surface area contributed by atoms with E-state index in [4.69, 9.17) is 26.4 Å². The molecule has 2 aliphatic rings. The van der Waals surface area contributed by atoms with Gasteiger partial charge in [0.25, 0.3) is 0 Å². The van der Waals surface area contributed by atoms with E-state index in [0.717, 1.165) is 12.8 Å². The summed E-state index contributed by atoms with van der Waals surface area (Å²) in [6, 6.07) is -1.27. The van der Waals surface area contributed by atoms with E-state index in [-0.39, 0.29) is 12.4 Å². The fourth-order valence-electron chi connectivity index (χ4n) is 2.69. The highest BCUT2D eigenvalue weighted by molar-refractivity contribution is 5.85. The van der Waals surface area contributed by atoms with E-state index in [1.807, 2.05) is 0 Å². The van der Waals surface area contributed by atoms with E-state index in [0.29, 0.717) is 24.7 Å². The molecule has 0 bridgehead atoms. The Morgan fingerprint density at radius 2 is 1.50 bits per heavy atom. The van der Waals surface area contributed by atoms with Gasteiger partial charge in [0.2, 0.25) is 5.91 Å². The van der Waals surface area contributed by atoms with Crippen LogP contribution in [0.2, 0.25) is 0 Å². The van der Waals surface area contributed by atoms with Crippen molar-refractivity contribution in [2.75, 3.05) is 0 Å². The Morgan fingerprint density at radius 1 is 1.03 bits per heavy atom. The van der Waals surface area contributed by atoms with Gasteiger partial charge < -0.3 is 36.8 Å². The fraction of sp³-hybridized carbons (Fsp3) is 0.842. The van der Waals surface area contributed by atoms with Crippen LogP contribution in [0.25, 0.3) is 0 Å². The van der Waals surface area contributed by atoms with Crippen molar-refractivity contribution >= 4 is 30.4 Å². The normalized spacial score (nSPS) is 19.7. The fourth-order valence-corrected chi connectivity index (χ4v) is 2.69. The number of nitrogens with two attached hydrogens (primary N) is 2. The van der Waals surface area contributed by atoms with Crippen LogP contribution >= 0.6 is 12.4 Å². The van der Waals surface area contributed by atoms with E-state index in [1.54, 1.807) is 20.8 Å². The summed E-state index contributed by atoms with van der Waals surface area (Å²) in [6.45, 7) is 5.16. The summed E-state index contributed by atoms with van der Waals surface area (Å²) >= 11 is 0. The number of hydrogen-bond acceptors (Lipinski definition) is 7. The van der Waals surface area contributed by atoms with Crippen molar-refractivity contribution in [1.82, 2.24) is 5.32 Å². The van der Waals surface area contributed by atoms with Crippen LogP contribution in [-0.2, 0) is 14.3 Å². The van der Waals surface area contributed by atoms with Crippen LogP contribution < -0.4 is 16.8 Å². The molecule has 11 heteroatoms. The van der Waals surface area contributed by atoms with Gasteiger partial charge in [-0.15, -0.1) is 12.4 Å². The zero-order chi connectivity index (χ0) is 22.4. The maximum absolute atomic E-state index is 11.6. The van der Waals surface area contributed by atoms with Crippen LogP contribution in [0.1, 0.15) is 59.3 Å². The Bertz CT molecular complexity index is 577. The molecule has 0 heterocycles. The van der Waals surface area contributed by atoms with Crippen LogP contribution in [-0.4, -0.2) is 63.2 Å². The first kappa shape index (κ1) is 28.4. The minimum absolute atomic E-state index is 0. The molecule has 0 aromatic carbocycles. The number of carbonyl (C=O) groups is 3. The number of carbonyl (C=O) groups excluding carboxylic acids is 2. The molecule has 2 amide bonds. The molecule has 0 aromatic rings. The molecule has 0 aliphatic heterocycles. The van der Waals surface area contributed by atoms with Gasteiger partial charge in [-0.1, -0.05) is 25.7 Å². The summed E-state index contributed by atoms with van der Waals surface area (Å²) in [4.78, 5) is 32.8. The van der Waals surface area contributed by atoms with E-state index in [1.165, 1.54) is 12.8 Å². The maximum Gasteiger partial charge on any atom is 0.407 e. The number of rotatable bonds is 9. The van der Waals surface area contributed by atoms with Crippen molar-refractivity contribution in [3.05, 3.63) is 0 Å². The van der Waals surface area contributed by atoms with Crippen LogP contribution in [0.3, 0.4) is 0 Å². The highest BCUT2D eigenvalue weighted by Crippen LogP contribution is 2.34. The lowest BCUT2D eigenvalue weighted by Gasteiger charge is -2.25. The number of aliphatic hydroxyl groups is 2. The number of carboxylic acids is 1. The van der Waals surface area contributed by atoms with Crippen molar-refractivity contribution in [2.24, 2.45) is 23.3 Å². The van der Waals surface area contributed by atoms with Gasteiger partial charge in [-0.05, 0) is 45.4 Å². The second kappa shape index (κ2) is 12.3. The van der Waals surface area contributed by atoms with Crippen molar-refractivity contribution in [1.29, 1.82) is 0 Å². The molecule has 4 unspecified atom stereocenters. The molecule has 30 heavy (non-hydrogen) atoms. The van der Waals surface area contributed by atoms with Gasteiger partial charge in [-0.2, -0.15) is 0 Å². The van der Waals surface area contributed by atoms with Gasteiger partial charge in [0.1, 0.15) is 11.7 Å². The predicted octanol–water partition coefficient (Wildman–Crippen LogP) is 0.507. The van der Waals surface area contributed by atoms with E-state index >= 15 is 0 Å². The third-order valence-electron chi connectivity index (χ3n) is 4.62. The van der Waals surface area contributed by atoms with Crippen molar-refractivity contribution in [3.8, 4) is 0 Å². The lowest BCUT2D eigenvalue weighted by molar-refractivity contribution is -0.148. The van der Waals surface area contributed by atoms with Gasteiger partial charge in [-0.25, -0.2) is 9.59 Å². The molecule has 2 aliphatic carbocycles. The summed E-state index contributed by atoms with van der Waals surface area (Å²) in [6.07, 6.45) is 2.06. The Morgan fingerprint density at radius 3 is 1.87 bits per heavy atom. The van der Waals surface area contributed by atoms with Gasteiger partial charge >= 0.3 is 12.1 Å². The van der Waals surface area contributed by atoms with Crippen LogP contribution in [0.15, 0.2) is 0 Å². The number of alkyl carbamates (subject to hydrolysis) is 1. The number of primary amides is 1. The lowest BCUT2D eigenvalue weighted by atomic mass is 10.0. The average molecular weight is 454 g/mol. The molecule has 10 nitrogen and oxygen atoms in total. The van der Waals surface area contributed by atoms with E-state index < -0.39 is 47.9 Å². The summed E-state index contributed by atoms with van der Waals surface area (Å²) in [5.74, 6) is -1.06. The van der Waals surface area contributed by atoms with Gasteiger partial charge in [-0.3, -0.25) is 4.79 Å².